The normalized spacial score (nSPS) is 10.7. The zero-order valence-electron chi connectivity index (χ0n) is 9.74. The number of H-pyrrole nitrogens is 1. The molecule has 1 rings (SSSR count). The van der Waals surface area contributed by atoms with Crippen molar-refractivity contribution >= 4 is 5.91 Å². The summed E-state index contributed by atoms with van der Waals surface area (Å²) in [5.74, 6) is 0.797. The summed E-state index contributed by atoms with van der Waals surface area (Å²) in [5, 5.41) is 6.53. The van der Waals surface area contributed by atoms with Crippen LogP contribution < -0.4 is 0 Å². The molecule has 0 aliphatic rings. The molecule has 1 aromatic rings. The molecular weight excluding hydrogens is 192 g/mol. The summed E-state index contributed by atoms with van der Waals surface area (Å²) in [4.78, 5) is 17.6. The lowest BCUT2D eigenvalue weighted by Crippen LogP contribution is -2.36. The standard InChI is InChI=1S/C10H18N4O/c1-5-8(6-2)14(4)10(15)9-11-7(3)12-13-9/h8H,5-6H2,1-4H3,(H,11,12,13). The Morgan fingerprint density at radius 3 is 2.47 bits per heavy atom. The maximum atomic E-state index is 11.9. The maximum Gasteiger partial charge on any atom is 0.293 e. The van der Waals surface area contributed by atoms with Gasteiger partial charge in [-0.2, -0.15) is 0 Å². The van der Waals surface area contributed by atoms with Crippen LogP contribution in [-0.4, -0.2) is 39.1 Å². The molecule has 5 nitrogen and oxygen atoms in total. The van der Waals surface area contributed by atoms with Gasteiger partial charge in [-0.3, -0.25) is 9.89 Å². The monoisotopic (exact) mass is 210 g/mol. The molecule has 0 unspecified atom stereocenters. The minimum absolute atomic E-state index is 0.118. The van der Waals surface area contributed by atoms with E-state index in [-0.39, 0.29) is 17.8 Å². The number of nitrogens with one attached hydrogen (secondary N) is 1. The van der Waals surface area contributed by atoms with Crippen LogP contribution in [0.5, 0.6) is 0 Å². The van der Waals surface area contributed by atoms with Gasteiger partial charge in [0.25, 0.3) is 5.91 Å². The lowest BCUT2D eigenvalue weighted by molar-refractivity contribution is 0.0711. The van der Waals surface area contributed by atoms with Crippen LogP contribution in [0.3, 0.4) is 0 Å². The Morgan fingerprint density at radius 2 is 2.07 bits per heavy atom. The van der Waals surface area contributed by atoms with E-state index in [2.05, 4.69) is 29.0 Å². The summed E-state index contributed by atoms with van der Waals surface area (Å²) in [6.07, 6.45) is 1.89. The zero-order chi connectivity index (χ0) is 11.4. The van der Waals surface area contributed by atoms with Gasteiger partial charge in [0.05, 0.1) is 0 Å². The van der Waals surface area contributed by atoms with Crippen LogP contribution in [-0.2, 0) is 0 Å². The number of hydrogen-bond donors (Lipinski definition) is 1. The summed E-state index contributed by atoms with van der Waals surface area (Å²) < 4.78 is 0. The second kappa shape index (κ2) is 4.91. The van der Waals surface area contributed by atoms with Gasteiger partial charge in [0, 0.05) is 13.1 Å². The van der Waals surface area contributed by atoms with Gasteiger partial charge in [0.2, 0.25) is 5.82 Å². The third-order valence-corrected chi connectivity index (χ3v) is 2.60. The maximum absolute atomic E-state index is 11.9. The first-order valence-corrected chi connectivity index (χ1v) is 5.26. The molecule has 1 amide bonds. The number of aryl methyl sites for hydroxylation is 1. The van der Waals surface area contributed by atoms with E-state index in [0.717, 1.165) is 12.8 Å². The van der Waals surface area contributed by atoms with Crippen molar-refractivity contribution in [2.45, 2.75) is 39.7 Å². The first-order chi connectivity index (χ1) is 7.10. The van der Waals surface area contributed by atoms with E-state index in [0.29, 0.717) is 5.82 Å². The van der Waals surface area contributed by atoms with E-state index in [9.17, 15) is 4.79 Å². The highest BCUT2D eigenvalue weighted by Crippen LogP contribution is 2.08. The number of amides is 1. The van der Waals surface area contributed by atoms with Crippen molar-refractivity contribution in [3.05, 3.63) is 11.6 Å². The first-order valence-electron chi connectivity index (χ1n) is 5.26. The van der Waals surface area contributed by atoms with Gasteiger partial charge in [0.15, 0.2) is 0 Å². The van der Waals surface area contributed by atoms with E-state index in [4.69, 9.17) is 0 Å². The topological polar surface area (TPSA) is 61.9 Å². The number of rotatable bonds is 4. The van der Waals surface area contributed by atoms with E-state index >= 15 is 0 Å². The second-order valence-electron chi connectivity index (χ2n) is 3.63. The number of aromatic nitrogens is 3. The largest absolute Gasteiger partial charge is 0.336 e. The predicted molar refractivity (Wildman–Crippen MR) is 57.6 cm³/mol. The summed E-state index contributed by atoms with van der Waals surface area (Å²) in [6.45, 7) is 5.92. The van der Waals surface area contributed by atoms with E-state index in [1.807, 2.05) is 0 Å². The highest BCUT2D eigenvalue weighted by molar-refractivity contribution is 5.90. The fourth-order valence-corrected chi connectivity index (χ4v) is 1.60. The molecule has 15 heavy (non-hydrogen) atoms. The molecule has 0 aliphatic heterocycles. The Labute approximate surface area is 89.9 Å². The quantitative estimate of drug-likeness (QED) is 0.816. The number of carbonyl (C=O) groups excluding carboxylic acids is 1. The Morgan fingerprint density at radius 1 is 1.47 bits per heavy atom. The van der Waals surface area contributed by atoms with Crippen LogP contribution in [0.2, 0.25) is 0 Å². The third kappa shape index (κ3) is 2.55. The number of hydrogen-bond acceptors (Lipinski definition) is 3. The van der Waals surface area contributed by atoms with Gasteiger partial charge in [-0.05, 0) is 19.8 Å². The van der Waals surface area contributed by atoms with Gasteiger partial charge in [-0.15, -0.1) is 5.10 Å². The van der Waals surface area contributed by atoms with E-state index in [1.54, 1.807) is 18.9 Å². The van der Waals surface area contributed by atoms with Crippen LogP contribution in [0, 0.1) is 6.92 Å². The van der Waals surface area contributed by atoms with Crippen molar-refractivity contribution in [3.8, 4) is 0 Å². The van der Waals surface area contributed by atoms with Gasteiger partial charge in [-0.1, -0.05) is 13.8 Å². The molecular formula is C10H18N4O. The lowest BCUT2D eigenvalue weighted by Gasteiger charge is -2.24. The second-order valence-corrected chi connectivity index (χ2v) is 3.63. The minimum Gasteiger partial charge on any atom is -0.336 e. The van der Waals surface area contributed by atoms with E-state index in [1.165, 1.54) is 0 Å². The Hall–Kier alpha value is -1.39. The zero-order valence-corrected chi connectivity index (χ0v) is 9.74. The third-order valence-electron chi connectivity index (χ3n) is 2.60. The molecule has 0 atom stereocenters. The van der Waals surface area contributed by atoms with Crippen LogP contribution in [0.4, 0.5) is 0 Å². The Balaban J connectivity index is 2.76. The molecule has 84 valence electrons. The van der Waals surface area contributed by atoms with Crippen molar-refractivity contribution < 1.29 is 4.79 Å². The summed E-state index contributed by atoms with van der Waals surface area (Å²) in [6, 6.07) is 0.260. The Bertz CT molecular complexity index is 330. The number of carbonyl (C=O) groups is 1. The first kappa shape index (κ1) is 11.7. The lowest BCUT2D eigenvalue weighted by atomic mass is 10.1. The number of aromatic amines is 1. The molecule has 1 N–H and O–H groups in total. The van der Waals surface area contributed by atoms with Gasteiger partial charge in [0.1, 0.15) is 5.82 Å². The van der Waals surface area contributed by atoms with Crippen LogP contribution in [0.1, 0.15) is 43.1 Å². The van der Waals surface area contributed by atoms with Crippen molar-refractivity contribution in [2.75, 3.05) is 7.05 Å². The van der Waals surface area contributed by atoms with Gasteiger partial charge < -0.3 is 4.90 Å². The van der Waals surface area contributed by atoms with Gasteiger partial charge >= 0.3 is 0 Å². The SMILES string of the molecule is CCC(CC)N(C)C(=O)c1n[nH]c(C)n1. The van der Waals surface area contributed by atoms with E-state index < -0.39 is 0 Å². The average molecular weight is 210 g/mol. The van der Waals surface area contributed by atoms with Crippen molar-refractivity contribution in [2.24, 2.45) is 0 Å². The smallest absolute Gasteiger partial charge is 0.293 e. The van der Waals surface area contributed by atoms with Gasteiger partial charge in [-0.25, -0.2) is 4.98 Å². The Kier molecular flexibility index (Phi) is 3.82. The molecule has 0 bridgehead atoms. The summed E-state index contributed by atoms with van der Waals surface area (Å²) >= 11 is 0. The fourth-order valence-electron chi connectivity index (χ4n) is 1.60. The van der Waals surface area contributed by atoms with Crippen LogP contribution in [0.15, 0.2) is 0 Å². The minimum atomic E-state index is -0.118. The molecule has 0 aliphatic carbocycles. The average Bonchev–Trinajstić information content (AvgIpc) is 2.65. The fraction of sp³-hybridized carbons (Fsp3) is 0.700. The van der Waals surface area contributed by atoms with Crippen molar-refractivity contribution in [1.82, 2.24) is 20.1 Å². The molecule has 1 aromatic heterocycles. The van der Waals surface area contributed by atoms with Crippen LogP contribution in [0.25, 0.3) is 0 Å². The molecule has 0 radical (unpaired) electrons. The highest BCUT2D eigenvalue weighted by Gasteiger charge is 2.21. The van der Waals surface area contributed by atoms with Crippen LogP contribution >= 0.6 is 0 Å². The molecule has 5 heteroatoms. The van der Waals surface area contributed by atoms with Crippen molar-refractivity contribution in [3.63, 3.8) is 0 Å². The highest BCUT2D eigenvalue weighted by atomic mass is 16.2. The predicted octanol–water partition coefficient (Wildman–Crippen LogP) is 1.37. The summed E-state index contributed by atoms with van der Waals surface area (Å²) in [5.41, 5.74) is 0. The molecule has 0 fully saturated rings. The van der Waals surface area contributed by atoms with Crippen molar-refractivity contribution in [1.29, 1.82) is 0 Å². The molecule has 0 spiro atoms. The molecule has 0 aromatic carbocycles. The summed E-state index contributed by atoms with van der Waals surface area (Å²) in [7, 11) is 1.80. The molecule has 0 saturated heterocycles. The molecule has 0 saturated carbocycles. The molecule has 1 heterocycles. The number of nitrogens with zero attached hydrogens (tertiary/aromatic N) is 3.